The summed E-state index contributed by atoms with van der Waals surface area (Å²) < 4.78 is 1.70. The van der Waals surface area contributed by atoms with Gasteiger partial charge in [0.2, 0.25) is 0 Å². The average molecular weight is 418 g/mol. The summed E-state index contributed by atoms with van der Waals surface area (Å²) in [5.41, 5.74) is 7.69. The van der Waals surface area contributed by atoms with Crippen molar-refractivity contribution in [3.8, 4) is 0 Å². The molecule has 0 aliphatic rings. The van der Waals surface area contributed by atoms with Crippen LogP contribution in [0.3, 0.4) is 0 Å². The molecule has 2 aromatic rings. The zero-order chi connectivity index (χ0) is 14.7. The lowest BCUT2D eigenvalue weighted by molar-refractivity contribution is -0.384. The van der Waals surface area contributed by atoms with Gasteiger partial charge in [-0.1, -0.05) is 37.9 Å². The molecule has 0 heterocycles. The fourth-order valence-corrected chi connectivity index (χ4v) is 3.77. The number of nitrogens with two attached hydrogens (primary N) is 1. The summed E-state index contributed by atoms with van der Waals surface area (Å²) in [6, 6.07) is 10.5. The minimum Gasteiger partial charge on any atom is -0.398 e. The van der Waals surface area contributed by atoms with Gasteiger partial charge in [0.1, 0.15) is 0 Å². The number of non-ortho nitro benzene ring substituents is 1. The van der Waals surface area contributed by atoms with E-state index < -0.39 is 4.92 Å². The third-order valence-corrected chi connectivity index (χ3v) is 4.96. The number of rotatable bonds is 4. The fourth-order valence-electron chi connectivity index (χ4n) is 1.56. The van der Waals surface area contributed by atoms with Crippen LogP contribution in [0, 0.1) is 10.1 Å². The van der Waals surface area contributed by atoms with Crippen molar-refractivity contribution in [1.82, 2.24) is 0 Å². The minimum absolute atomic E-state index is 0.0765. The lowest BCUT2D eigenvalue weighted by atomic mass is 10.2. The topological polar surface area (TPSA) is 69.2 Å². The maximum Gasteiger partial charge on any atom is 0.270 e. The molecule has 2 rings (SSSR count). The molecular formula is C13H10Br2N2O2S. The zero-order valence-corrected chi connectivity index (χ0v) is 14.2. The zero-order valence-electron chi connectivity index (χ0n) is 10.2. The van der Waals surface area contributed by atoms with Crippen LogP contribution in [0.25, 0.3) is 0 Å². The van der Waals surface area contributed by atoms with Crippen LogP contribution in [-0.2, 0) is 5.75 Å². The van der Waals surface area contributed by atoms with E-state index in [0.717, 1.165) is 25.1 Å². The first-order chi connectivity index (χ1) is 9.47. The second-order valence-corrected chi connectivity index (χ2v) is 6.79. The van der Waals surface area contributed by atoms with Gasteiger partial charge in [0, 0.05) is 37.4 Å². The van der Waals surface area contributed by atoms with Crippen molar-refractivity contribution in [3.05, 3.63) is 61.0 Å². The first-order valence-electron chi connectivity index (χ1n) is 5.58. The van der Waals surface area contributed by atoms with Gasteiger partial charge >= 0.3 is 0 Å². The van der Waals surface area contributed by atoms with Crippen LogP contribution in [0.5, 0.6) is 0 Å². The first kappa shape index (κ1) is 15.3. The van der Waals surface area contributed by atoms with Crippen molar-refractivity contribution >= 4 is 55.0 Å². The van der Waals surface area contributed by atoms with E-state index >= 15 is 0 Å². The number of hydrogen-bond acceptors (Lipinski definition) is 4. The molecule has 104 valence electrons. The number of thioether (sulfide) groups is 1. The standard InChI is InChI=1S/C13H10Br2N2O2S/c14-9-2-4-12(16)13(5-9)20-7-8-1-3-10(17(18)19)6-11(8)15/h1-6H,7,16H2. The van der Waals surface area contributed by atoms with Crippen molar-refractivity contribution in [2.24, 2.45) is 0 Å². The Balaban J connectivity index is 2.15. The molecule has 2 aromatic carbocycles. The molecule has 0 unspecified atom stereocenters. The van der Waals surface area contributed by atoms with Crippen LogP contribution < -0.4 is 5.73 Å². The van der Waals surface area contributed by atoms with E-state index in [0.29, 0.717) is 5.75 Å². The molecule has 7 heteroatoms. The Morgan fingerprint density at radius 3 is 2.60 bits per heavy atom. The van der Waals surface area contributed by atoms with Gasteiger partial charge in [-0.25, -0.2) is 0 Å². The largest absolute Gasteiger partial charge is 0.398 e. The number of anilines is 1. The van der Waals surface area contributed by atoms with E-state index in [-0.39, 0.29) is 5.69 Å². The molecule has 2 N–H and O–H groups in total. The number of nitrogens with zero attached hydrogens (tertiary/aromatic N) is 1. The van der Waals surface area contributed by atoms with Gasteiger partial charge < -0.3 is 5.73 Å². The van der Waals surface area contributed by atoms with E-state index in [4.69, 9.17) is 5.73 Å². The lowest BCUT2D eigenvalue weighted by Crippen LogP contribution is -1.91. The Kier molecular flexibility index (Phi) is 5.06. The predicted octanol–water partition coefficient (Wildman–Crippen LogP) is 4.99. The highest BCUT2D eigenvalue weighted by atomic mass is 79.9. The van der Waals surface area contributed by atoms with Crippen LogP contribution in [0.15, 0.2) is 50.2 Å². The Hall–Kier alpha value is -1.05. The Morgan fingerprint density at radius 2 is 1.95 bits per heavy atom. The molecule has 0 aromatic heterocycles. The number of nitro benzene ring substituents is 1. The summed E-state index contributed by atoms with van der Waals surface area (Å²) in [6.45, 7) is 0. The van der Waals surface area contributed by atoms with Crippen molar-refractivity contribution in [2.75, 3.05) is 5.73 Å². The van der Waals surface area contributed by atoms with E-state index in [1.54, 1.807) is 17.8 Å². The molecule has 0 fully saturated rings. The monoisotopic (exact) mass is 416 g/mol. The molecule has 0 saturated heterocycles. The van der Waals surface area contributed by atoms with E-state index in [1.807, 2.05) is 18.2 Å². The quantitative estimate of drug-likeness (QED) is 0.329. The molecule has 0 bridgehead atoms. The maximum atomic E-state index is 10.7. The molecule has 0 saturated carbocycles. The minimum atomic E-state index is -0.409. The summed E-state index contributed by atoms with van der Waals surface area (Å²) in [5.74, 6) is 0.680. The number of nitrogen functional groups attached to an aromatic ring is 1. The van der Waals surface area contributed by atoms with E-state index in [2.05, 4.69) is 31.9 Å². The smallest absolute Gasteiger partial charge is 0.270 e. The van der Waals surface area contributed by atoms with Crippen LogP contribution in [0.1, 0.15) is 5.56 Å². The summed E-state index contributed by atoms with van der Waals surface area (Å²) in [4.78, 5) is 11.3. The second kappa shape index (κ2) is 6.60. The van der Waals surface area contributed by atoms with Crippen molar-refractivity contribution in [1.29, 1.82) is 0 Å². The van der Waals surface area contributed by atoms with Gasteiger partial charge in [-0.15, -0.1) is 11.8 Å². The van der Waals surface area contributed by atoms with Crippen molar-refractivity contribution in [3.63, 3.8) is 0 Å². The van der Waals surface area contributed by atoms with E-state index in [9.17, 15) is 10.1 Å². The number of hydrogen-bond donors (Lipinski definition) is 1. The fraction of sp³-hybridized carbons (Fsp3) is 0.0769. The Bertz CT molecular complexity index is 665. The normalized spacial score (nSPS) is 10.5. The Labute approximate surface area is 137 Å². The van der Waals surface area contributed by atoms with Gasteiger partial charge in [-0.2, -0.15) is 0 Å². The highest BCUT2D eigenvalue weighted by Gasteiger charge is 2.10. The summed E-state index contributed by atoms with van der Waals surface area (Å²) in [5, 5.41) is 10.7. The molecular weight excluding hydrogens is 408 g/mol. The molecule has 4 nitrogen and oxygen atoms in total. The average Bonchev–Trinajstić information content (AvgIpc) is 2.40. The van der Waals surface area contributed by atoms with Gasteiger partial charge in [0.25, 0.3) is 5.69 Å². The molecule has 0 radical (unpaired) electrons. The summed E-state index contributed by atoms with van der Waals surface area (Å²) >= 11 is 8.36. The van der Waals surface area contributed by atoms with Crippen LogP contribution >= 0.6 is 43.6 Å². The summed E-state index contributed by atoms with van der Waals surface area (Å²) in [6.07, 6.45) is 0. The van der Waals surface area contributed by atoms with Crippen LogP contribution in [0.4, 0.5) is 11.4 Å². The predicted molar refractivity (Wildman–Crippen MR) is 88.9 cm³/mol. The summed E-state index contributed by atoms with van der Waals surface area (Å²) in [7, 11) is 0. The molecule has 0 amide bonds. The van der Waals surface area contributed by atoms with E-state index in [1.165, 1.54) is 12.1 Å². The molecule has 0 aliphatic carbocycles. The number of benzene rings is 2. The van der Waals surface area contributed by atoms with Crippen molar-refractivity contribution < 1.29 is 4.92 Å². The first-order valence-corrected chi connectivity index (χ1v) is 8.15. The number of halogens is 2. The van der Waals surface area contributed by atoms with Crippen molar-refractivity contribution in [2.45, 2.75) is 10.6 Å². The molecule has 20 heavy (non-hydrogen) atoms. The highest BCUT2D eigenvalue weighted by Crippen LogP contribution is 2.33. The van der Waals surface area contributed by atoms with Crippen LogP contribution in [0.2, 0.25) is 0 Å². The van der Waals surface area contributed by atoms with Gasteiger partial charge in [0.15, 0.2) is 0 Å². The SMILES string of the molecule is Nc1ccc(Br)cc1SCc1ccc([N+](=O)[O-])cc1Br. The van der Waals surface area contributed by atoms with Gasteiger partial charge in [0.05, 0.1) is 4.92 Å². The third kappa shape index (κ3) is 3.74. The highest BCUT2D eigenvalue weighted by molar-refractivity contribution is 9.10. The van der Waals surface area contributed by atoms with Gasteiger partial charge in [-0.3, -0.25) is 10.1 Å². The molecule has 0 atom stereocenters. The second-order valence-electron chi connectivity index (χ2n) is 4.00. The van der Waals surface area contributed by atoms with Crippen LogP contribution in [-0.4, -0.2) is 4.92 Å². The third-order valence-electron chi connectivity index (χ3n) is 2.61. The number of nitro groups is 1. The molecule has 0 spiro atoms. The maximum absolute atomic E-state index is 10.7. The van der Waals surface area contributed by atoms with Gasteiger partial charge in [-0.05, 0) is 23.8 Å². The Morgan fingerprint density at radius 1 is 1.20 bits per heavy atom. The molecule has 0 aliphatic heterocycles. The lowest BCUT2D eigenvalue weighted by Gasteiger charge is -2.07.